The van der Waals surface area contributed by atoms with Crippen LogP contribution in [0, 0.1) is 11.2 Å². The first-order valence-corrected chi connectivity index (χ1v) is 4.74. The summed E-state index contributed by atoms with van der Waals surface area (Å²) in [5.41, 5.74) is 5.27. The van der Waals surface area contributed by atoms with Crippen LogP contribution in [0.15, 0.2) is 29.2 Å². The van der Waals surface area contributed by atoms with E-state index in [0.29, 0.717) is 4.90 Å². The smallest absolute Gasteiger partial charge is 0.136 e. The lowest BCUT2D eigenvalue weighted by atomic mass is 10.3. The van der Waals surface area contributed by atoms with E-state index in [1.54, 1.807) is 25.1 Å². The lowest BCUT2D eigenvalue weighted by molar-refractivity contribution is 0.602. The highest BCUT2D eigenvalue weighted by atomic mass is 32.2. The molecule has 70 valence electrons. The number of nitrogens with one attached hydrogen (secondary N) is 1. The number of benzene rings is 1. The summed E-state index contributed by atoms with van der Waals surface area (Å²) in [6.45, 7) is 1.78. The third kappa shape index (κ3) is 2.73. The maximum Gasteiger partial charge on any atom is 0.136 e. The number of amidine groups is 1. The summed E-state index contributed by atoms with van der Waals surface area (Å²) in [6.07, 6.45) is 0. The number of hydrogen-bond donors (Lipinski definition) is 2. The van der Waals surface area contributed by atoms with Gasteiger partial charge < -0.3 is 5.73 Å². The molecule has 1 atom stereocenters. The molecular weight excluding hydrogens is 187 g/mol. The van der Waals surface area contributed by atoms with Crippen LogP contribution in [0.2, 0.25) is 0 Å². The van der Waals surface area contributed by atoms with Gasteiger partial charge in [0.2, 0.25) is 0 Å². The third-order valence-electron chi connectivity index (χ3n) is 1.58. The third-order valence-corrected chi connectivity index (χ3v) is 2.77. The van der Waals surface area contributed by atoms with Gasteiger partial charge in [0.15, 0.2) is 0 Å². The molecule has 0 bridgehead atoms. The number of thioether (sulfide) groups is 1. The van der Waals surface area contributed by atoms with Crippen LogP contribution in [0.5, 0.6) is 0 Å². The minimum Gasteiger partial charge on any atom is -0.387 e. The molecule has 0 aliphatic carbocycles. The molecule has 0 saturated heterocycles. The summed E-state index contributed by atoms with van der Waals surface area (Å²) in [6, 6.07) is 6.48. The zero-order valence-electron chi connectivity index (χ0n) is 7.25. The van der Waals surface area contributed by atoms with Crippen LogP contribution < -0.4 is 5.73 Å². The minimum absolute atomic E-state index is 0.0632. The molecule has 2 nitrogen and oxygen atoms in total. The average molecular weight is 198 g/mol. The molecule has 0 aliphatic heterocycles. The monoisotopic (exact) mass is 198 g/mol. The molecule has 13 heavy (non-hydrogen) atoms. The van der Waals surface area contributed by atoms with Crippen molar-refractivity contribution in [3.05, 3.63) is 30.1 Å². The Morgan fingerprint density at radius 1 is 1.54 bits per heavy atom. The molecular formula is C9H11FN2S. The average Bonchev–Trinajstić information content (AvgIpc) is 2.08. The van der Waals surface area contributed by atoms with E-state index in [1.165, 1.54) is 17.8 Å². The minimum atomic E-state index is -0.263. The van der Waals surface area contributed by atoms with Crippen LogP contribution in [0.4, 0.5) is 4.39 Å². The van der Waals surface area contributed by atoms with Gasteiger partial charge in [0.25, 0.3) is 0 Å². The Hall–Kier alpha value is -1.03. The van der Waals surface area contributed by atoms with Gasteiger partial charge in [-0.3, -0.25) is 5.41 Å². The number of halogens is 1. The lowest BCUT2D eigenvalue weighted by Crippen LogP contribution is -2.21. The summed E-state index contributed by atoms with van der Waals surface area (Å²) in [4.78, 5) is 0.533. The molecule has 0 fully saturated rings. The van der Waals surface area contributed by atoms with Crippen molar-refractivity contribution in [2.24, 2.45) is 5.73 Å². The van der Waals surface area contributed by atoms with Crippen molar-refractivity contribution in [2.75, 3.05) is 0 Å². The Morgan fingerprint density at radius 2 is 2.15 bits per heavy atom. The first-order chi connectivity index (χ1) is 6.11. The molecule has 0 aromatic heterocycles. The maximum atomic E-state index is 13.1. The second-order valence-electron chi connectivity index (χ2n) is 2.65. The number of nitrogens with two attached hydrogens (primary N) is 1. The maximum absolute atomic E-state index is 13.1. The van der Waals surface area contributed by atoms with Gasteiger partial charge in [-0.15, -0.1) is 11.8 Å². The van der Waals surface area contributed by atoms with Crippen molar-refractivity contribution in [2.45, 2.75) is 17.1 Å². The molecule has 3 N–H and O–H groups in total. The van der Waals surface area contributed by atoms with Gasteiger partial charge in [-0.25, -0.2) is 4.39 Å². The topological polar surface area (TPSA) is 49.9 Å². The highest BCUT2D eigenvalue weighted by Gasteiger charge is 2.09. The molecule has 0 heterocycles. The van der Waals surface area contributed by atoms with E-state index in [4.69, 9.17) is 11.1 Å². The normalized spacial score (nSPS) is 12.5. The summed E-state index contributed by atoms with van der Waals surface area (Å²) in [7, 11) is 0. The Balaban J connectivity index is 2.74. The Bertz CT molecular complexity index is 314. The first-order valence-electron chi connectivity index (χ1n) is 3.86. The summed E-state index contributed by atoms with van der Waals surface area (Å²) in [5.74, 6) is -0.200. The van der Waals surface area contributed by atoms with Gasteiger partial charge >= 0.3 is 0 Å². The molecule has 4 heteroatoms. The van der Waals surface area contributed by atoms with Gasteiger partial charge in [-0.1, -0.05) is 12.1 Å². The van der Waals surface area contributed by atoms with Crippen LogP contribution in [-0.2, 0) is 0 Å². The fourth-order valence-corrected chi connectivity index (χ4v) is 1.64. The van der Waals surface area contributed by atoms with E-state index in [9.17, 15) is 4.39 Å². The molecule has 1 aromatic rings. The molecule has 1 aromatic carbocycles. The van der Waals surface area contributed by atoms with Crippen molar-refractivity contribution in [1.82, 2.24) is 0 Å². The van der Waals surface area contributed by atoms with Crippen molar-refractivity contribution in [3.8, 4) is 0 Å². The predicted octanol–water partition coefficient (Wildman–Crippen LogP) is 2.24. The first kappa shape index (κ1) is 10.1. The SMILES string of the molecule is CC(Sc1ccccc1F)C(=N)N. The molecule has 0 aliphatic rings. The van der Waals surface area contributed by atoms with Crippen LogP contribution in [0.25, 0.3) is 0 Å². The van der Waals surface area contributed by atoms with Gasteiger partial charge in [-0.2, -0.15) is 0 Å². The molecule has 0 spiro atoms. The van der Waals surface area contributed by atoms with Crippen molar-refractivity contribution in [3.63, 3.8) is 0 Å². The second kappa shape index (κ2) is 4.28. The number of rotatable bonds is 3. The van der Waals surface area contributed by atoms with E-state index >= 15 is 0 Å². The lowest BCUT2D eigenvalue weighted by Gasteiger charge is -2.08. The second-order valence-corrected chi connectivity index (χ2v) is 4.03. The molecule has 0 saturated carbocycles. The fourth-order valence-electron chi connectivity index (χ4n) is 0.794. The zero-order chi connectivity index (χ0) is 9.84. The summed E-state index contributed by atoms with van der Waals surface area (Å²) in [5, 5.41) is 6.97. The van der Waals surface area contributed by atoms with Crippen molar-refractivity contribution < 1.29 is 4.39 Å². The van der Waals surface area contributed by atoms with Gasteiger partial charge in [0.1, 0.15) is 11.7 Å². The van der Waals surface area contributed by atoms with Crippen LogP contribution in [-0.4, -0.2) is 11.1 Å². The van der Waals surface area contributed by atoms with Gasteiger partial charge in [0, 0.05) is 4.90 Å². The van der Waals surface area contributed by atoms with E-state index in [-0.39, 0.29) is 16.9 Å². The quantitative estimate of drug-likeness (QED) is 0.444. The largest absolute Gasteiger partial charge is 0.387 e. The van der Waals surface area contributed by atoms with Crippen LogP contribution in [0.1, 0.15) is 6.92 Å². The molecule has 1 unspecified atom stereocenters. The summed E-state index contributed by atoms with van der Waals surface area (Å²) >= 11 is 1.25. The Kier molecular flexibility index (Phi) is 3.31. The van der Waals surface area contributed by atoms with Gasteiger partial charge in [0.05, 0.1) is 5.25 Å². The van der Waals surface area contributed by atoms with E-state index in [0.717, 1.165) is 0 Å². The molecule has 1 rings (SSSR count). The highest BCUT2D eigenvalue weighted by Crippen LogP contribution is 2.25. The van der Waals surface area contributed by atoms with Crippen LogP contribution >= 0.6 is 11.8 Å². The van der Waals surface area contributed by atoms with E-state index in [1.807, 2.05) is 0 Å². The Morgan fingerprint density at radius 3 is 2.69 bits per heavy atom. The molecule has 0 amide bonds. The van der Waals surface area contributed by atoms with Crippen LogP contribution in [0.3, 0.4) is 0 Å². The summed E-state index contributed by atoms with van der Waals surface area (Å²) < 4.78 is 13.1. The standard InChI is InChI=1S/C9H11FN2S/c1-6(9(11)12)13-8-5-3-2-4-7(8)10/h2-6H,1H3,(H3,11,12). The number of hydrogen-bond acceptors (Lipinski definition) is 2. The van der Waals surface area contributed by atoms with Crippen molar-refractivity contribution in [1.29, 1.82) is 5.41 Å². The highest BCUT2D eigenvalue weighted by molar-refractivity contribution is 8.00. The predicted molar refractivity (Wildman–Crippen MR) is 53.6 cm³/mol. The van der Waals surface area contributed by atoms with Gasteiger partial charge in [-0.05, 0) is 19.1 Å². The molecule has 0 radical (unpaired) electrons. The van der Waals surface area contributed by atoms with E-state index < -0.39 is 0 Å². The fraction of sp³-hybridized carbons (Fsp3) is 0.222. The van der Waals surface area contributed by atoms with E-state index in [2.05, 4.69) is 0 Å². The Labute approximate surface area is 80.8 Å². The van der Waals surface area contributed by atoms with Crippen molar-refractivity contribution >= 4 is 17.6 Å². The zero-order valence-corrected chi connectivity index (χ0v) is 8.07.